The number of phenols is 1. The fraction of sp³-hybridized carbons (Fsp3) is 0.125. The summed E-state index contributed by atoms with van der Waals surface area (Å²) in [7, 11) is 0. The zero-order valence-corrected chi connectivity index (χ0v) is 19.7. The summed E-state index contributed by atoms with van der Waals surface area (Å²) in [5.41, 5.74) is 1.16. The topological polar surface area (TPSA) is 107 Å². The number of carbonyl (C=O) groups excluding carboxylic acids is 1. The summed E-state index contributed by atoms with van der Waals surface area (Å²) in [4.78, 5) is 16.4. The second-order valence-electron chi connectivity index (χ2n) is 7.17. The van der Waals surface area contributed by atoms with E-state index in [-0.39, 0.29) is 39.8 Å². The average Bonchev–Trinajstić information content (AvgIpc) is 3.34. The molecule has 180 valence electrons. The fourth-order valence-electron chi connectivity index (χ4n) is 3.01. The van der Waals surface area contributed by atoms with E-state index in [4.69, 9.17) is 37.2 Å². The summed E-state index contributed by atoms with van der Waals surface area (Å²) in [6, 6.07) is 14.1. The zero-order chi connectivity index (χ0) is 24.9. The van der Waals surface area contributed by atoms with Gasteiger partial charge < -0.3 is 24.4 Å². The maximum Gasteiger partial charge on any atom is 0.316 e. The molecule has 11 heteroatoms. The summed E-state index contributed by atoms with van der Waals surface area (Å²) in [6.07, 6.45) is 0. The van der Waals surface area contributed by atoms with Gasteiger partial charge in [0, 0.05) is 18.2 Å². The smallest absolute Gasteiger partial charge is 0.316 e. The zero-order valence-electron chi connectivity index (χ0n) is 18.2. The largest absolute Gasteiger partial charge is 0.505 e. The van der Waals surface area contributed by atoms with Crippen LogP contribution in [0.25, 0.3) is 11.4 Å². The lowest BCUT2D eigenvalue weighted by Gasteiger charge is -2.09. The molecule has 1 aromatic heterocycles. The molecule has 0 aliphatic carbocycles. The molecular formula is C24H18Cl2FN3O5. The maximum atomic E-state index is 14.0. The first-order valence-corrected chi connectivity index (χ1v) is 11.1. The Kier molecular flexibility index (Phi) is 7.38. The third-order valence-electron chi connectivity index (χ3n) is 4.71. The van der Waals surface area contributed by atoms with Gasteiger partial charge in [0.25, 0.3) is 0 Å². The van der Waals surface area contributed by atoms with Crippen LogP contribution in [0.4, 0.5) is 4.39 Å². The summed E-state index contributed by atoms with van der Waals surface area (Å²) in [5, 5.41) is 16.1. The molecule has 4 rings (SSSR count). The SMILES string of the molecule is CCOc1ccc(Oc2ccc(CNC(=O)c3nc(-c4cc(Cl)c(O)c(Cl)c4)no3)cc2)cc1F. The van der Waals surface area contributed by atoms with Crippen LogP contribution in [0.2, 0.25) is 10.0 Å². The van der Waals surface area contributed by atoms with Crippen LogP contribution in [0, 0.1) is 5.82 Å². The van der Waals surface area contributed by atoms with Crippen molar-refractivity contribution in [2.24, 2.45) is 0 Å². The van der Waals surface area contributed by atoms with Gasteiger partial charge in [-0.1, -0.05) is 40.5 Å². The number of nitrogens with zero attached hydrogens (tertiary/aromatic N) is 2. The molecule has 0 aliphatic rings. The van der Waals surface area contributed by atoms with Gasteiger partial charge in [-0.15, -0.1) is 0 Å². The molecule has 0 saturated heterocycles. The first-order chi connectivity index (χ1) is 16.8. The minimum atomic E-state index is -0.579. The molecule has 0 saturated carbocycles. The van der Waals surface area contributed by atoms with E-state index in [1.165, 1.54) is 24.3 Å². The Morgan fingerprint density at radius 3 is 2.43 bits per heavy atom. The molecule has 0 bridgehead atoms. The van der Waals surface area contributed by atoms with Gasteiger partial charge in [-0.25, -0.2) is 4.39 Å². The van der Waals surface area contributed by atoms with Crippen molar-refractivity contribution in [3.8, 4) is 34.4 Å². The van der Waals surface area contributed by atoms with Crippen molar-refractivity contribution in [3.05, 3.63) is 81.9 Å². The van der Waals surface area contributed by atoms with Gasteiger partial charge in [0.1, 0.15) is 11.5 Å². The molecule has 0 spiro atoms. The second kappa shape index (κ2) is 10.6. The van der Waals surface area contributed by atoms with E-state index < -0.39 is 11.7 Å². The van der Waals surface area contributed by atoms with Crippen molar-refractivity contribution in [2.45, 2.75) is 13.5 Å². The first-order valence-electron chi connectivity index (χ1n) is 10.3. The summed E-state index contributed by atoms with van der Waals surface area (Å²) < 4.78 is 29.8. The molecule has 35 heavy (non-hydrogen) atoms. The maximum absolute atomic E-state index is 14.0. The molecule has 8 nitrogen and oxygen atoms in total. The molecule has 4 aromatic rings. The second-order valence-corrected chi connectivity index (χ2v) is 7.98. The van der Waals surface area contributed by atoms with Gasteiger partial charge in [-0.3, -0.25) is 4.79 Å². The summed E-state index contributed by atoms with van der Waals surface area (Å²) in [6.45, 7) is 2.33. The minimum Gasteiger partial charge on any atom is -0.505 e. The Morgan fingerprint density at radius 2 is 1.77 bits per heavy atom. The number of aromatic nitrogens is 2. The van der Waals surface area contributed by atoms with Crippen LogP contribution >= 0.6 is 23.2 Å². The molecule has 0 unspecified atom stereocenters. The molecule has 2 N–H and O–H groups in total. The number of ether oxygens (including phenoxy) is 2. The lowest BCUT2D eigenvalue weighted by Crippen LogP contribution is -2.23. The molecule has 1 heterocycles. The average molecular weight is 518 g/mol. The lowest BCUT2D eigenvalue weighted by atomic mass is 10.2. The number of benzene rings is 3. The van der Waals surface area contributed by atoms with Gasteiger partial charge >= 0.3 is 11.8 Å². The van der Waals surface area contributed by atoms with E-state index in [1.54, 1.807) is 37.3 Å². The number of nitrogens with one attached hydrogen (secondary N) is 1. The van der Waals surface area contributed by atoms with Crippen molar-refractivity contribution in [1.29, 1.82) is 0 Å². The van der Waals surface area contributed by atoms with Crippen LogP contribution in [0.15, 0.2) is 59.1 Å². The Labute approximate surface area is 209 Å². The molecule has 0 atom stereocenters. The normalized spacial score (nSPS) is 10.7. The van der Waals surface area contributed by atoms with Crippen LogP contribution < -0.4 is 14.8 Å². The van der Waals surface area contributed by atoms with Gasteiger partial charge in [0.2, 0.25) is 5.82 Å². The summed E-state index contributed by atoms with van der Waals surface area (Å²) in [5.74, 6) is -0.526. The first kappa shape index (κ1) is 24.3. The van der Waals surface area contributed by atoms with Crippen molar-refractivity contribution in [3.63, 3.8) is 0 Å². The van der Waals surface area contributed by atoms with Gasteiger partial charge in [-0.2, -0.15) is 4.98 Å². The highest BCUT2D eigenvalue weighted by Gasteiger charge is 2.18. The monoisotopic (exact) mass is 517 g/mol. The Morgan fingerprint density at radius 1 is 1.09 bits per heavy atom. The van der Waals surface area contributed by atoms with Crippen molar-refractivity contribution in [2.75, 3.05) is 6.61 Å². The van der Waals surface area contributed by atoms with E-state index in [0.717, 1.165) is 5.56 Å². The van der Waals surface area contributed by atoms with Crippen LogP contribution in [0.5, 0.6) is 23.0 Å². The predicted octanol–water partition coefficient (Wildman–Crippen LogP) is 6.01. The predicted molar refractivity (Wildman–Crippen MR) is 127 cm³/mol. The highest BCUT2D eigenvalue weighted by Crippen LogP contribution is 2.35. The van der Waals surface area contributed by atoms with E-state index in [9.17, 15) is 14.3 Å². The van der Waals surface area contributed by atoms with Crippen LogP contribution in [-0.2, 0) is 6.54 Å². The van der Waals surface area contributed by atoms with E-state index >= 15 is 0 Å². The lowest BCUT2D eigenvalue weighted by molar-refractivity contribution is 0.0907. The van der Waals surface area contributed by atoms with E-state index in [2.05, 4.69) is 15.5 Å². The van der Waals surface area contributed by atoms with E-state index in [1.807, 2.05) is 0 Å². The highest BCUT2D eigenvalue weighted by atomic mass is 35.5. The molecule has 0 radical (unpaired) electrons. The highest BCUT2D eigenvalue weighted by molar-refractivity contribution is 6.37. The van der Waals surface area contributed by atoms with Crippen molar-refractivity contribution >= 4 is 29.1 Å². The van der Waals surface area contributed by atoms with Crippen molar-refractivity contribution in [1.82, 2.24) is 15.5 Å². The fourth-order valence-corrected chi connectivity index (χ4v) is 3.50. The Bertz CT molecular complexity index is 1340. The molecule has 3 aromatic carbocycles. The van der Waals surface area contributed by atoms with E-state index in [0.29, 0.717) is 23.7 Å². The molecule has 1 amide bonds. The third-order valence-corrected chi connectivity index (χ3v) is 5.29. The number of amides is 1. The number of hydrogen-bond acceptors (Lipinski definition) is 7. The van der Waals surface area contributed by atoms with Crippen LogP contribution in [0.1, 0.15) is 23.2 Å². The standard InChI is InChI=1S/C24H18Cl2FN3O5/c1-2-33-20-8-7-16(11-19(20)27)34-15-5-3-13(4-6-15)12-28-23(32)24-29-22(30-35-24)14-9-17(25)21(31)18(26)10-14/h3-11,31H,2,12H2,1H3,(H,28,32). The molecule has 0 fully saturated rings. The van der Waals surface area contributed by atoms with Crippen LogP contribution in [-0.4, -0.2) is 27.8 Å². The van der Waals surface area contributed by atoms with Gasteiger partial charge in [0.05, 0.1) is 16.7 Å². The number of phenolic OH excluding ortho intramolecular Hbond substituents is 1. The van der Waals surface area contributed by atoms with Crippen LogP contribution in [0.3, 0.4) is 0 Å². The summed E-state index contributed by atoms with van der Waals surface area (Å²) >= 11 is 11.8. The Balaban J connectivity index is 1.35. The number of aromatic hydroxyl groups is 1. The molecular weight excluding hydrogens is 500 g/mol. The van der Waals surface area contributed by atoms with Gasteiger partial charge in [-0.05, 0) is 48.9 Å². The number of carbonyl (C=O) groups is 1. The minimum absolute atomic E-state index is 0.0170. The number of hydrogen-bond donors (Lipinski definition) is 2. The Hall–Kier alpha value is -3.82. The quantitative estimate of drug-likeness (QED) is 0.294. The van der Waals surface area contributed by atoms with Gasteiger partial charge in [0.15, 0.2) is 17.3 Å². The third kappa shape index (κ3) is 5.82. The number of halogens is 3. The van der Waals surface area contributed by atoms with Crippen molar-refractivity contribution < 1.29 is 28.3 Å². The molecule has 0 aliphatic heterocycles. The number of rotatable bonds is 8.